The van der Waals surface area contributed by atoms with Gasteiger partial charge in [0.25, 0.3) is 0 Å². The van der Waals surface area contributed by atoms with Crippen LogP contribution in [-0.2, 0) is 4.79 Å². The molecule has 0 saturated carbocycles. The Labute approximate surface area is 149 Å². The van der Waals surface area contributed by atoms with Crippen LogP contribution in [0, 0.1) is 6.92 Å². The molecule has 2 aromatic carbocycles. The van der Waals surface area contributed by atoms with E-state index in [2.05, 4.69) is 5.10 Å². The van der Waals surface area contributed by atoms with Crippen molar-refractivity contribution in [2.75, 3.05) is 0 Å². The summed E-state index contributed by atoms with van der Waals surface area (Å²) >= 11 is 0. The molecule has 0 spiro atoms. The average Bonchev–Trinajstić information content (AvgIpc) is 3.06. The van der Waals surface area contributed by atoms with Gasteiger partial charge >= 0.3 is 5.63 Å². The highest BCUT2D eigenvalue weighted by Crippen LogP contribution is 2.36. The van der Waals surface area contributed by atoms with Crippen molar-refractivity contribution >= 4 is 23.1 Å². The van der Waals surface area contributed by atoms with Gasteiger partial charge in [-0.05, 0) is 30.2 Å². The summed E-state index contributed by atoms with van der Waals surface area (Å²) < 4.78 is 5.37. The van der Waals surface area contributed by atoms with E-state index >= 15 is 0 Å². The topological polar surface area (TPSA) is 83.1 Å². The molecular formula is C20H16N2O4. The zero-order valence-electron chi connectivity index (χ0n) is 14.0. The van der Waals surface area contributed by atoms with Crippen molar-refractivity contribution in [2.24, 2.45) is 5.10 Å². The number of aryl methyl sites for hydroxylation is 1. The lowest BCUT2D eigenvalue weighted by atomic mass is 9.96. The first-order chi connectivity index (χ1) is 12.6. The molecule has 1 aliphatic rings. The van der Waals surface area contributed by atoms with Gasteiger partial charge in [-0.15, -0.1) is 0 Å². The summed E-state index contributed by atoms with van der Waals surface area (Å²) in [5.41, 5.74) is 2.34. The van der Waals surface area contributed by atoms with Crippen molar-refractivity contribution in [2.45, 2.75) is 19.4 Å². The van der Waals surface area contributed by atoms with Gasteiger partial charge in [0.1, 0.15) is 5.75 Å². The van der Waals surface area contributed by atoms with Gasteiger partial charge in [0.2, 0.25) is 6.41 Å². The fourth-order valence-corrected chi connectivity index (χ4v) is 3.37. The molecule has 130 valence electrons. The van der Waals surface area contributed by atoms with Crippen LogP contribution >= 0.6 is 0 Å². The zero-order chi connectivity index (χ0) is 18.3. The maximum absolute atomic E-state index is 11.8. The molecule has 0 bridgehead atoms. The number of aromatic hydroxyl groups is 1. The van der Waals surface area contributed by atoms with Gasteiger partial charge in [-0.1, -0.05) is 30.3 Å². The van der Waals surface area contributed by atoms with Crippen molar-refractivity contribution in [3.8, 4) is 5.75 Å². The van der Waals surface area contributed by atoms with E-state index in [0.29, 0.717) is 24.1 Å². The number of phenols is 1. The standard InChI is InChI=1S/C20H16N2O4/c1-12-9-18(25)26-20-14(12)7-8-17(24)19(20)15-10-16(22(11-23)21-15)13-5-3-2-4-6-13/h2-9,11,16,24H,10H2,1H3/t16-/m1/s1. The average molecular weight is 348 g/mol. The Morgan fingerprint density at radius 3 is 2.73 bits per heavy atom. The molecule has 6 nitrogen and oxygen atoms in total. The quantitative estimate of drug-likeness (QED) is 0.582. The zero-order valence-corrected chi connectivity index (χ0v) is 14.0. The monoisotopic (exact) mass is 348 g/mol. The van der Waals surface area contributed by atoms with Gasteiger partial charge in [-0.25, -0.2) is 9.80 Å². The fourth-order valence-electron chi connectivity index (χ4n) is 3.37. The van der Waals surface area contributed by atoms with E-state index in [9.17, 15) is 14.7 Å². The van der Waals surface area contributed by atoms with Crippen LogP contribution in [0.15, 0.2) is 62.8 Å². The first kappa shape index (κ1) is 16.1. The molecule has 4 rings (SSSR count). The lowest BCUT2D eigenvalue weighted by Crippen LogP contribution is -2.17. The van der Waals surface area contributed by atoms with Gasteiger partial charge in [0.15, 0.2) is 5.58 Å². The van der Waals surface area contributed by atoms with Crippen LogP contribution in [0.4, 0.5) is 0 Å². The van der Waals surface area contributed by atoms with Crippen molar-refractivity contribution in [3.63, 3.8) is 0 Å². The molecule has 0 radical (unpaired) electrons. The molecule has 1 atom stereocenters. The van der Waals surface area contributed by atoms with E-state index in [-0.39, 0.29) is 17.4 Å². The molecule has 0 fully saturated rings. The second-order valence-electron chi connectivity index (χ2n) is 6.25. The fraction of sp³-hybridized carbons (Fsp3) is 0.150. The second kappa shape index (κ2) is 6.15. The number of hydrazone groups is 1. The summed E-state index contributed by atoms with van der Waals surface area (Å²) in [4.78, 5) is 23.3. The van der Waals surface area contributed by atoms with Crippen LogP contribution in [0.25, 0.3) is 11.0 Å². The Kier molecular flexibility index (Phi) is 3.80. The van der Waals surface area contributed by atoms with E-state index < -0.39 is 5.63 Å². The number of amides is 1. The first-order valence-corrected chi connectivity index (χ1v) is 8.21. The summed E-state index contributed by atoms with van der Waals surface area (Å²) in [5, 5.41) is 16.8. The van der Waals surface area contributed by atoms with Gasteiger partial charge in [0.05, 0.1) is 17.3 Å². The summed E-state index contributed by atoms with van der Waals surface area (Å²) in [6, 6.07) is 13.9. The number of hydrogen-bond donors (Lipinski definition) is 1. The van der Waals surface area contributed by atoms with E-state index in [1.807, 2.05) is 30.3 Å². The number of carbonyl (C=O) groups excluding carboxylic acids is 1. The Morgan fingerprint density at radius 1 is 1.23 bits per heavy atom. The van der Waals surface area contributed by atoms with Crippen molar-refractivity contribution in [1.29, 1.82) is 0 Å². The van der Waals surface area contributed by atoms with Gasteiger partial charge in [-0.3, -0.25) is 4.79 Å². The maximum atomic E-state index is 11.8. The summed E-state index contributed by atoms with van der Waals surface area (Å²) in [7, 11) is 0. The largest absolute Gasteiger partial charge is 0.507 e. The molecule has 1 aromatic heterocycles. The number of fused-ring (bicyclic) bond motifs is 1. The van der Waals surface area contributed by atoms with Crippen molar-refractivity contribution in [1.82, 2.24) is 5.01 Å². The summed E-state index contributed by atoms with van der Waals surface area (Å²) in [6.07, 6.45) is 1.07. The van der Waals surface area contributed by atoms with E-state index in [4.69, 9.17) is 4.42 Å². The van der Waals surface area contributed by atoms with Gasteiger partial charge < -0.3 is 9.52 Å². The van der Waals surface area contributed by atoms with Crippen LogP contribution in [0.5, 0.6) is 5.75 Å². The third-order valence-corrected chi connectivity index (χ3v) is 4.62. The highest BCUT2D eigenvalue weighted by Gasteiger charge is 2.31. The van der Waals surface area contributed by atoms with E-state index in [1.165, 1.54) is 11.1 Å². The van der Waals surface area contributed by atoms with Gasteiger partial charge in [0, 0.05) is 17.9 Å². The third kappa shape index (κ3) is 2.56. The summed E-state index contributed by atoms with van der Waals surface area (Å²) in [5.74, 6) is -0.0374. The molecule has 0 unspecified atom stereocenters. The molecule has 1 amide bonds. The lowest BCUT2D eigenvalue weighted by molar-refractivity contribution is -0.119. The highest BCUT2D eigenvalue weighted by molar-refractivity contribution is 6.12. The number of phenolic OH excluding ortho intramolecular Hbond substituents is 1. The van der Waals surface area contributed by atoms with Crippen molar-refractivity contribution < 1.29 is 14.3 Å². The minimum absolute atomic E-state index is 0.0374. The molecule has 26 heavy (non-hydrogen) atoms. The number of carbonyl (C=O) groups is 1. The summed E-state index contributed by atoms with van der Waals surface area (Å²) in [6.45, 7) is 1.81. The number of hydrogen-bond acceptors (Lipinski definition) is 5. The normalized spacial score (nSPS) is 16.7. The van der Waals surface area contributed by atoms with Crippen LogP contribution in [0.2, 0.25) is 0 Å². The number of benzene rings is 2. The lowest BCUT2D eigenvalue weighted by Gasteiger charge is -2.17. The molecular weight excluding hydrogens is 332 g/mol. The molecule has 0 saturated heterocycles. The minimum Gasteiger partial charge on any atom is -0.507 e. The molecule has 6 heteroatoms. The predicted octanol–water partition coefficient (Wildman–Crippen LogP) is 3.11. The minimum atomic E-state index is -0.493. The second-order valence-corrected chi connectivity index (χ2v) is 6.25. The van der Waals surface area contributed by atoms with E-state index in [0.717, 1.165) is 16.5 Å². The molecule has 1 aliphatic heterocycles. The van der Waals surface area contributed by atoms with Crippen LogP contribution in [0.1, 0.15) is 29.2 Å². The first-order valence-electron chi connectivity index (χ1n) is 8.21. The maximum Gasteiger partial charge on any atom is 0.336 e. The van der Waals surface area contributed by atoms with Crippen LogP contribution in [0.3, 0.4) is 0 Å². The smallest absolute Gasteiger partial charge is 0.336 e. The SMILES string of the molecule is Cc1cc(=O)oc2c(C3=NN(C=O)[C@@H](c4ccccc4)C3)c(O)ccc12. The Morgan fingerprint density at radius 2 is 2.00 bits per heavy atom. The molecule has 1 N–H and O–H groups in total. The Hall–Kier alpha value is -3.41. The predicted molar refractivity (Wildman–Crippen MR) is 97.1 cm³/mol. The van der Waals surface area contributed by atoms with Crippen LogP contribution < -0.4 is 5.63 Å². The molecule has 2 heterocycles. The highest BCUT2D eigenvalue weighted by atomic mass is 16.4. The number of nitrogens with zero attached hydrogens (tertiary/aromatic N) is 2. The Balaban J connectivity index is 1.87. The number of rotatable bonds is 3. The Bertz CT molecular complexity index is 1090. The molecule has 0 aliphatic carbocycles. The molecule has 3 aromatic rings. The van der Waals surface area contributed by atoms with Crippen molar-refractivity contribution in [3.05, 3.63) is 75.6 Å². The van der Waals surface area contributed by atoms with E-state index in [1.54, 1.807) is 19.1 Å². The van der Waals surface area contributed by atoms with Crippen LogP contribution in [-0.4, -0.2) is 22.2 Å². The third-order valence-electron chi connectivity index (χ3n) is 4.62. The van der Waals surface area contributed by atoms with Gasteiger partial charge in [-0.2, -0.15) is 5.10 Å².